The molecule has 1 fully saturated rings. The van der Waals surface area contributed by atoms with Gasteiger partial charge in [-0.2, -0.15) is 0 Å². The van der Waals surface area contributed by atoms with E-state index < -0.39 is 10.0 Å². The monoisotopic (exact) mass is 300 g/mol. The number of nitrogens with zero attached hydrogens (tertiary/aromatic N) is 2. The largest absolute Gasteiger partial charge is 0.338 e. The van der Waals surface area contributed by atoms with Gasteiger partial charge in [0.2, 0.25) is 10.0 Å². The average Bonchev–Trinajstić information content (AvgIpc) is 2.83. The fraction of sp³-hybridized carbons (Fsp3) is 0.769. The SMILES string of the molecule is Cn1ccnc1CCNS(=O)(=O)CCC1CCNCC1. The molecular weight excluding hydrogens is 276 g/mol. The van der Waals surface area contributed by atoms with Crippen molar-refractivity contribution in [3.63, 3.8) is 0 Å². The molecule has 1 saturated heterocycles. The minimum atomic E-state index is -3.15. The zero-order chi connectivity index (χ0) is 14.4. The van der Waals surface area contributed by atoms with Gasteiger partial charge < -0.3 is 9.88 Å². The molecule has 6 nitrogen and oxygen atoms in total. The van der Waals surface area contributed by atoms with Crippen LogP contribution in [0.2, 0.25) is 0 Å². The molecule has 114 valence electrons. The van der Waals surface area contributed by atoms with Crippen molar-refractivity contribution in [3.8, 4) is 0 Å². The first-order valence-electron chi connectivity index (χ1n) is 7.21. The molecule has 0 bridgehead atoms. The van der Waals surface area contributed by atoms with Crippen molar-refractivity contribution >= 4 is 10.0 Å². The van der Waals surface area contributed by atoms with Gasteiger partial charge in [0.15, 0.2) is 0 Å². The van der Waals surface area contributed by atoms with E-state index in [-0.39, 0.29) is 5.75 Å². The van der Waals surface area contributed by atoms with Crippen molar-refractivity contribution in [1.82, 2.24) is 19.6 Å². The lowest BCUT2D eigenvalue weighted by Gasteiger charge is -2.22. The molecule has 2 heterocycles. The second kappa shape index (κ2) is 7.19. The zero-order valence-electron chi connectivity index (χ0n) is 12.0. The molecule has 0 saturated carbocycles. The van der Waals surface area contributed by atoms with Crippen molar-refractivity contribution in [2.45, 2.75) is 25.7 Å². The van der Waals surface area contributed by atoms with E-state index in [4.69, 9.17) is 0 Å². The van der Waals surface area contributed by atoms with Crippen LogP contribution in [0.1, 0.15) is 25.1 Å². The molecule has 0 spiro atoms. The number of imidazole rings is 1. The summed E-state index contributed by atoms with van der Waals surface area (Å²) in [5, 5.41) is 3.29. The zero-order valence-corrected chi connectivity index (χ0v) is 12.8. The lowest BCUT2D eigenvalue weighted by atomic mass is 9.96. The van der Waals surface area contributed by atoms with E-state index in [0.717, 1.165) is 38.2 Å². The van der Waals surface area contributed by atoms with E-state index in [1.807, 2.05) is 17.8 Å². The number of aryl methyl sites for hydroxylation is 1. The Labute approximate surface area is 121 Å². The summed E-state index contributed by atoms with van der Waals surface area (Å²) in [7, 11) is -1.24. The maximum absolute atomic E-state index is 11.9. The molecule has 2 rings (SSSR count). The van der Waals surface area contributed by atoms with Gasteiger partial charge in [0, 0.05) is 32.4 Å². The third-order valence-electron chi connectivity index (χ3n) is 3.85. The normalized spacial score (nSPS) is 17.4. The van der Waals surface area contributed by atoms with Gasteiger partial charge in [-0.05, 0) is 38.3 Å². The Balaban J connectivity index is 1.69. The van der Waals surface area contributed by atoms with Gasteiger partial charge >= 0.3 is 0 Å². The second-order valence-corrected chi connectivity index (χ2v) is 7.33. The maximum atomic E-state index is 11.9. The first-order chi connectivity index (χ1) is 9.57. The van der Waals surface area contributed by atoms with Crippen LogP contribution in [0.3, 0.4) is 0 Å². The first kappa shape index (κ1) is 15.5. The predicted molar refractivity (Wildman–Crippen MR) is 78.9 cm³/mol. The summed E-state index contributed by atoms with van der Waals surface area (Å²) in [5.74, 6) is 1.67. The van der Waals surface area contributed by atoms with Crippen LogP contribution in [-0.4, -0.2) is 43.4 Å². The molecule has 1 aliphatic heterocycles. The fourth-order valence-corrected chi connectivity index (χ4v) is 3.72. The number of sulfonamides is 1. The van der Waals surface area contributed by atoms with Crippen molar-refractivity contribution in [1.29, 1.82) is 0 Å². The predicted octanol–water partition coefficient (Wildman–Crippen LogP) is 0.272. The molecule has 2 N–H and O–H groups in total. The minimum absolute atomic E-state index is 0.234. The Bertz CT molecular complexity index is 506. The Morgan fingerprint density at radius 3 is 2.85 bits per heavy atom. The van der Waals surface area contributed by atoms with Gasteiger partial charge in [-0.15, -0.1) is 0 Å². The molecular formula is C13H24N4O2S. The quantitative estimate of drug-likeness (QED) is 0.758. The van der Waals surface area contributed by atoms with E-state index in [9.17, 15) is 8.42 Å². The highest BCUT2D eigenvalue weighted by atomic mass is 32.2. The molecule has 1 aromatic rings. The average molecular weight is 300 g/mol. The number of aromatic nitrogens is 2. The van der Waals surface area contributed by atoms with E-state index in [0.29, 0.717) is 18.9 Å². The Kier molecular flexibility index (Phi) is 5.56. The topological polar surface area (TPSA) is 76.0 Å². The minimum Gasteiger partial charge on any atom is -0.338 e. The van der Waals surface area contributed by atoms with Gasteiger partial charge in [0.1, 0.15) is 5.82 Å². The summed E-state index contributed by atoms with van der Waals surface area (Å²) in [4.78, 5) is 4.18. The van der Waals surface area contributed by atoms with Crippen molar-refractivity contribution in [3.05, 3.63) is 18.2 Å². The van der Waals surface area contributed by atoms with Crippen LogP contribution in [0.5, 0.6) is 0 Å². The van der Waals surface area contributed by atoms with E-state index in [2.05, 4.69) is 15.0 Å². The second-order valence-electron chi connectivity index (χ2n) is 5.40. The fourth-order valence-electron chi connectivity index (χ4n) is 2.52. The molecule has 0 atom stereocenters. The summed E-state index contributed by atoms with van der Waals surface area (Å²) in [6.45, 7) is 2.44. The standard InChI is InChI=1S/C13H24N4O2S/c1-17-10-9-15-13(17)4-8-16-20(18,19)11-5-12-2-6-14-7-3-12/h9-10,12,14,16H,2-8,11H2,1H3. The van der Waals surface area contributed by atoms with Crippen LogP contribution in [-0.2, 0) is 23.5 Å². The highest BCUT2D eigenvalue weighted by Crippen LogP contribution is 2.16. The molecule has 1 aromatic heterocycles. The Morgan fingerprint density at radius 1 is 1.45 bits per heavy atom. The number of hydrogen-bond donors (Lipinski definition) is 2. The van der Waals surface area contributed by atoms with Crippen molar-refractivity contribution < 1.29 is 8.42 Å². The molecule has 7 heteroatoms. The van der Waals surface area contributed by atoms with Crippen LogP contribution in [0.25, 0.3) is 0 Å². The van der Waals surface area contributed by atoms with Gasteiger partial charge in [-0.3, -0.25) is 0 Å². The van der Waals surface area contributed by atoms with E-state index in [1.54, 1.807) is 6.20 Å². The molecule has 0 radical (unpaired) electrons. The molecule has 20 heavy (non-hydrogen) atoms. The smallest absolute Gasteiger partial charge is 0.211 e. The van der Waals surface area contributed by atoms with E-state index in [1.165, 1.54) is 0 Å². The Hall–Kier alpha value is -0.920. The van der Waals surface area contributed by atoms with Gasteiger partial charge in [0.25, 0.3) is 0 Å². The van der Waals surface area contributed by atoms with Crippen LogP contribution < -0.4 is 10.0 Å². The number of hydrogen-bond acceptors (Lipinski definition) is 4. The van der Waals surface area contributed by atoms with Crippen LogP contribution in [0, 0.1) is 5.92 Å². The maximum Gasteiger partial charge on any atom is 0.211 e. The summed E-state index contributed by atoms with van der Waals surface area (Å²) < 4.78 is 28.4. The molecule has 0 amide bonds. The lowest BCUT2D eigenvalue weighted by molar-refractivity contribution is 0.365. The lowest BCUT2D eigenvalue weighted by Crippen LogP contribution is -2.32. The molecule has 0 aromatic carbocycles. The molecule has 1 aliphatic rings. The highest BCUT2D eigenvalue weighted by Gasteiger charge is 2.17. The third-order valence-corrected chi connectivity index (χ3v) is 5.26. The summed E-state index contributed by atoms with van der Waals surface area (Å²) in [6.07, 6.45) is 7.14. The third kappa shape index (κ3) is 4.88. The summed E-state index contributed by atoms with van der Waals surface area (Å²) in [5.41, 5.74) is 0. The van der Waals surface area contributed by atoms with Crippen LogP contribution in [0.15, 0.2) is 12.4 Å². The van der Waals surface area contributed by atoms with Crippen molar-refractivity contribution in [2.24, 2.45) is 13.0 Å². The number of nitrogens with one attached hydrogen (secondary N) is 2. The van der Waals surface area contributed by atoms with Crippen molar-refractivity contribution in [2.75, 3.05) is 25.4 Å². The van der Waals surface area contributed by atoms with Crippen LogP contribution >= 0.6 is 0 Å². The van der Waals surface area contributed by atoms with E-state index >= 15 is 0 Å². The summed E-state index contributed by atoms with van der Waals surface area (Å²) in [6, 6.07) is 0. The highest BCUT2D eigenvalue weighted by molar-refractivity contribution is 7.89. The number of piperidine rings is 1. The number of rotatable bonds is 7. The molecule has 0 unspecified atom stereocenters. The summed E-state index contributed by atoms with van der Waals surface area (Å²) >= 11 is 0. The van der Waals surface area contributed by atoms with Gasteiger partial charge in [-0.25, -0.2) is 18.1 Å². The first-order valence-corrected chi connectivity index (χ1v) is 8.86. The van der Waals surface area contributed by atoms with Gasteiger partial charge in [-0.1, -0.05) is 0 Å². The van der Waals surface area contributed by atoms with Gasteiger partial charge in [0.05, 0.1) is 5.75 Å². The van der Waals surface area contributed by atoms with Crippen LogP contribution in [0.4, 0.5) is 0 Å². The Morgan fingerprint density at radius 2 is 2.20 bits per heavy atom. The molecule has 0 aliphatic carbocycles.